The molecule has 0 aromatic rings. The standard InChI is InChI=1S/C15H27NO2/c1-2-3-13-18-15(17)16-12-8-7-11-14-9-5-4-6-10-14/h2,14H,1,3-13H2,(H,16,17). The minimum Gasteiger partial charge on any atom is -0.449 e. The van der Waals surface area contributed by atoms with Gasteiger partial charge in [0.05, 0.1) is 6.61 Å². The zero-order valence-corrected chi connectivity index (χ0v) is 11.5. The number of ether oxygens (including phenoxy) is 1. The van der Waals surface area contributed by atoms with Crippen molar-refractivity contribution < 1.29 is 9.53 Å². The number of hydrogen-bond donors (Lipinski definition) is 1. The average Bonchev–Trinajstić information content (AvgIpc) is 2.40. The molecule has 18 heavy (non-hydrogen) atoms. The van der Waals surface area contributed by atoms with E-state index in [0.717, 1.165) is 25.3 Å². The molecular weight excluding hydrogens is 226 g/mol. The second-order valence-electron chi connectivity index (χ2n) is 5.14. The van der Waals surface area contributed by atoms with Gasteiger partial charge in [0.15, 0.2) is 0 Å². The summed E-state index contributed by atoms with van der Waals surface area (Å²) in [7, 11) is 0. The molecule has 1 rings (SSSR count). The molecule has 0 radical (unpaired) electrons. The predicted octanol–water partition coefficient (Wildman–Crippen LogP) is 4.04. The summed E-state index contributed by atoms with van der Waals surface area (Å²) in [5, 5.41) is 2.78. The van der Waals surface area contributed by atoms with Crippen LogP contribution in [0.4, 0.5) is 4.79 Å². The summed E-state index contributed by atoms with van der Waals surface area (Å²) in [5.74, 6) is 0.943. The second kappa shape index (κ2) is 9.98. The van der Waals surface area contributed by atoms with E-state index in [0.29, 0.717) is 6.61 Å². The number of alkyl carbamates (subject to hydrolysis) is 1. The maximum Gasteiger partial charge on any atom is 0.407 e. The first-order valence-corrected chi connectivity index (χ1v) is 7.34. The Hall–Kier alpha value is -0.990. The Morgan fingerprint density at radius 2 is 2.06 bits per heavy atom. The summed E-state index contributed by atoms with van der Waals surface area (Å²) < 4.78 is 4.96. The van der Waals surface area contributed by atoms with Gasteiger partial charge >= 0.3 is 6.09 Å². The van der Waals surface area contributed by atoms with Crippen LogP contribution in [0.1, 0.15) is 57.8 Å². The largest absolute Gasteiger partial charge is 0.449 e. The summed E-state index contributed by atoms with van der Waals surface area (Å²) in [6.45, 7) is 4.74. The first-order chi connectivity index (χ1) is 8.83. The van der Waals surface area contributed by atoms with Crippen LogP contribution >= 0.6 is 0 Å². The van der Waals surface area contributed by atoms with E-state index in [9.17, 15) is 4.79 Å². The molecule has 0 aromatic heterocycles. The van der Waals surface area contributed by atoms with Gasteiger partial charge < -0.3 is 10.1 Å². The number of carbonyl (C=O) groups excluding carboxylic acids is 1. The van der Waals surface area contributed by atoms with E-state index < -0.39 is 0 Å². The fourth-order valence-corrected chi connectivity index (χ4v) is 2.51. The zero-order valence-electron chi connectivity index (χ0n) is 11.5. The minimum absolute atomic E-state index is 0.297. The summed E-state index contributed by atoms with van der Waals surface area (Å²) in [6.07, 6.45) is 12.9. The lowest BCUT2D eigenvalue weighted by molar-refractivity contribution is 0.148. The maximum absolute atomic E-state index is 11.2. The molecule has 0 unspecified atom stereocenters. The van der Waals surface area contributed by atoms with Crippen molar-refractivity contribution in [1.29, 1.82) is 0 Å². The Bertz CT molecular complexity index is 235. The minimum atomic E-state index is -0.297. The number of rotatable bonds is 8. The molecule has 0 bridgehead atoms. The van der Waals surface area contributed by atoms with Gasteiger partial charge in [-0.15, -0.1) is 6.58 Å². The number of amides is 1. The normalized spacial score (nSPS) is 16.2. The Labute approximate surface area is 111 Å². The molecule has 0 aliphatic heterocycles. The lowest BCUT2D eigenvalue weighted by Crippen LogP contribution is -2.25. The van der Waals surface area contributed by atoms with E-state index in [1.54, 1.807) is 6.08 Å². The van der Waals surface area contributed by atoms with E-state index in [-0.39, 0.29) is 6.09 Å². The fourth-order valence-electron chi connectivity index (χ4n) is 2.51. The van der Waals surface area contributed by atoms with Crippen molar-refractivity contribution >= 4 is 6.09 Å². The van der Waals surface area contributed by atoms with Crippen molar-refractivity contribution in [3.63, 3.8) is 0 Å². The molecule has 1 N–H and O–H groups in total. The summed E-state index contributed by atoms with van der Waals surface area (Å²) in [5.41, 5.74) is 0. The van der Waals surface area contributed by atoms with Crippen LogP contribution in [-0.4, -0.2) is 19.2 Å². The van der Waals surface area contributed by atoms with Crippen LogP contribution in [0.5, 0.6) is 0 Å². The second-order valence-corrected chi connectivity index (χ2v) is 5.14. The third kappa shape index (κ3) is 7.36. The van der Waals surface area contributed by atoms with E-state index >= 15 is 0 Å². The van der Waals surface area contributed by atoms with Crippen LogP contribution in [0, 0.1) is 5.92 Å². The van der Waals surface area contributed by atoms with E-state index in [1.165, 1.54) is 44.9 Å². The van der Waals surface area contributed by atoms with Gasteiger partial charge in [-0.1, -0.05) is 51.0 Å². The summed E-state index contributed by atoms with van der Waals surface area (Å²) in [4.78, 5) is 11.2. The van der Waals surface area contributed by atoms with Gasteiger partial charge in [0.1, 0.15) is 0 Å². The average molecular weight is 253 g/mol. The molecule has 1 saturated carbocycles. The molecule has 0 atom stereocenters. The number of nitrogens with one attached hydrogen (secondary N) is 1. The SMILES string of the molecule is C=CCCOC(=O)NCCCCC1CCCCC1. The Balaban J connectivity index is 1.88. The lowest BCUT2D eigenvalue weighted by atomic mass is 9.86. The van der Waals surface area contributed by atoms with Crippen LogP contribution in [0.15, 0.2) is 12.7 Å². The Morgan fingerprint density at radius 1 is 1.28 bits per heavy atom. The molecule has 0 saturated heterocycles. The highest BCUT2D eigenvalue weighted by atomic mass is 16.5. The van der Waals surface area contributed by atoms with Gasteiger partial charge in [0.2, 0.25) is 0 Å². The first kappa shape index (κ1) is 15.1. The highest BCUT2D eigenvalue weighted by molar-refractivity contribution is 5.66. The van der Waals surface area contributed by atoms with Gasteiger partial charge in [-0.2, -0.15) is 0 Å². The van der Waals surface area contributed by atoms with Crippen LogP contribution in [0.25, 0.3) is 0 Å². The highest BCUT2D eigenvalue weighted by Crippen LogP contribution is 2.27. The molecule has 0 spiro atoms. The molecule has 3 heteroatoms. The van der Waals surface area contributed by atoms with Gasteiger partial charge in [0, 0.05) is 6.54 Å². The molecule has 3 nitrogen and oxygen atoms in total. The zero-order chi connectivity index (χ0) is 13.1. The quantitative estimate of drug-likeness (QED) is 0.523. The van der Waals surface area contributed by atoms with Gasteiger partial charge in [-0.05, 0) is 18.8 Å². The van der Waals surface area contributed by atoms with Crippen molar-refractivity contribution in [1.82, 2.24) is 5.32 Å². The fraction of sp³-hybridized carbons (Fsp3) is 0.800. The molecule has 0 aromatic carbocycles. The topological polar surface area (TPSA) is 38.3 Å². The van der Waals surface area contributed by atoms with Crippen molar-refractivity contribution in [3.05, 3.63) is 12.7 Å². The van der Waals surface area contributed by atoms with E-state index in [2.05, 4.69) is 11.9 Å². The van der Waals surface area contributed by atoms with Crippen LogP contribution in [0.2, 0.25) is 0 Å². The molecule has 0 heterocycles. The van der Waals surface area contributed by atoms with Crippen LogP contribution in [0.3, 0.4) is 0 Å². The molecule has 104 valence electrons. The van der Waals surface area contributed by atoms with Gasteiger partial charge in [-0.25, -0.2) is 4.79 Å². The van der Waals surface area contributed by atoms with E-state index in [1.807, 2.05) is 0 Å². The number of unbranched alkanes of at least 4 members (excludes halogenated alkanes) is 1. The molecule has 1 fully saturated rings. The van der Waals surface area contributed by atoms with Crippen molar-refractivity contribution in [2.45, 2.75) is 57.8 Å². The van der Waals surface area contributed by atoms with Crippen molar-refractivity contribution in [2.24, 2.45) is 5.92 Å². The maximum atomic E-state index is 11.2. The Kier molecular flexibility index (Phi) is 8.36. The van der Waals surface area contributed by atoms with Gasteiger partial charge in [-0.3, -0.25) is 0 Å². The predicted molar refractivity (Wildman–Crippen MR) is 74.6 cm³/mol. The molecular formula is C15H27NO2. The van der Waals surface area contributed by atoms with E-state index in [4.69, 9.17) is 4.74 Å². The summed E-state index contributed by atoms with van der Waals surface area (Å²) >= 11 is 0. The highest BCUT2D eigenvalue weighted by Gasteiger charge is 2.12. The van der Waals surface area contributed by atoms with Gasteiger partial charge in [0.25, 0.3) is 0 Å². The first-order valence-electron chi connectivity index (χ1n) is 7.34. The summed E-state index contributed by atoms with van der Waals surface area (Å²) in [6, 6.07) is 0. The number of hydrogen-bond acceptors (Lipinski definition) is 2. The smallest absolute Gasteiger partial charge is 0.407 e. The molecule has 1 aliphatic rings. The van der Waals surface area contributed by atoms with Crippen molar-refractivity contribution in [3.8, 4) is 0 Å². The molecule has 1 aliphatic carbocycles. The van der Waals surface area contributed by atoms with Crippen LogP contribution in [-0.2, 0) is 4.74 Å². The number of carbonyl (C=O) groups is 1. The van der Waals surface area contributed by atoms with Crippen LogP contribution < -0.4 is 5.32 Å². The monoisotopic (exact) mass is 253 g/mol. The molecule has 1 amide bonds. The third-order valence-corrected chi connectivity index (χ3v) is 3.59. The Morgan fingerprint density at radius 3 is 2.78 bits per heavy atom. The third-order valence-electron chi connectivity index (χ3n) is 3.59. The lowest BCUT2D eigenvalue weighted by Gasteiger charge is -2.21. The van der Waals surface area contributed by atoms with Crippen molar-refractivity contribution in [2.75, 3.05) is 13.2 Å².